The number of fused-ring (bicyclic) bond motifs is 1. The molecule has 0 spiro atoms. The summed E-state index contributed by atoms with van der Waals surface area (Å²) < 4.78 is 33.4. The van der Waals surface area contributed by atoms with E-state index in [1.54, 1.807) is 59.0 Å². The van der Waals surface area contributed by atoms with Gasteiger partial charge in [0.15, 0.2) is 0 Å². The number of benzene rings is 2. The molecule has 0 bridgehead atoms. The van der Waals surface area contributed by atoms with E-state index in [1.165, 1.54) is 18.2 Å². The van der Waals surface area contributed by atoms with Crippen LogP contribution in [0.4, 0.5) is 5.69 Å². The van der Waals surface area contributed by atoms with Crippen LogP contribution in [0.1, 0.15) is 15.9 Å². The largest absolute Gasteiger partial charge is 0.337 e. The summed E-state index contributed by atoms with van der Waals surface area (Å²) in [5.74, 6) is -0.270. The summed E-state index contributed by atoms with van der Waals surface area (Å²) in [7, 11) is -2.21. The number of anilines is 1. The molecule has 0 aliphatic carbocycles. The molecule has 2 aromatic rings. The van der Waals surface area contributed by atoms with Crippen molar-refractivity contribution in [3.63, 3.8) is 0 Å². The normalized spacial score (nSPS) is 15.0. The molecule has 30 heavy (non-hydrogen) atoms. The third-order valence-electron chi connectivity index (χ3n) is 4.61. The predicted octanol–water partition coefficient (Wildman–Crippen LogP) is 3.42. The molecule has 2 heterocycles. The maximum absolute atomic E-state index is 13.1. The fraction of sp³-hybridized carbons (Fsp3) is 0.0952. The predicted molar refractivity (Wildman–Crippen MR) is 119 cm³/mol. The van der Waals surface area contributed by atoms with Crippen LogP contribution in [0.25, 0.3) is 0 Å². The van der Waals surface area contributed by atoms with Gasteiger partial charge in [-0.2, -0.15) is 0 Å². The Balaban J connectivity index is 1.58. The zero-order valence-electron chi connectivity index (χ0n) is 16.1. The minimum Gasteiger partial charge on any atom is -0.337 e. The average Bonchev–Trinajstić information content (AvgIpc) is 3.23. The summed E-state index contributed by atoms with van der Waals surface area (Å²) in [6.45, 7) is 0.418. The highest BCUT2D eigenvalue weighted by Crippen LogP contribution is 2.34. The van der Waals surface area contributed by atoms with E-state index in [9.17, 15) is 13.2 Å². The lowest BCUT2D eigenvalue weighted by Crippen LogP contribution is -2.28. The fourth-order valence-electron chi connectivity index (χ4n) is 3.16. The Bertz CT molecular complexity index is 1160. The third kappa shape index (κ3) is 4.07. The molecular formula is C21H20N4O3S2. The fourth-order valence-corrected chi connectivity index (χ4v) is 5.14. The van der Waals surface area contributed by atoms with Gasteiger partial charge in [0.2, 0.25) is 0 Å². The van der Waals surface area contributed by atoms with Crippen LogP contribution in [0.5, 0.6) is 0 Å². The van der Waals surface area contributed by atoms with E-state index in [0.29, 0.717) is 12.2 Å². The van der Waals surface area contributed by atoms with Crippen molar-refractivity contribution in [1.82, 2.24) is 13.9 Å². The first-order valence-electron chi connectivity index (χ1n) is 9.18. The number of rotatable bonds is 6. The molecule has 7 nitrogen and oxygen atoms in total. The number of hydrogen-bond acceptors (Lipinski definition) is 6. The molecule has 0 saturated carbocycles. The number of hydrogen-bond donors (Lipinski definition) is 2. The number of carbonyl (C=O) groups excluding carboxylic acids is 1. The van der Waals surface area contributed by atoms with Crippen LogP contribution in [0.2, 0.25) is 0 Å². The average molecular weight is 441 g/mol. The molecule has 0 saturated heterocycles. The maximum Gasteiger partial charge on any atom is 0.264 e. The summed E-state index contributed by atoms with van der Waals surface area (Å²) in [6.07, 6.45) is 6.59. The standard InChI is InChI=1S/C21H20N4O3S2/c1-24(15-16-8-3-2-4-9-16)21(26)17-10-5-6-11-18(17)23-30(27,28)20-12-7-13-25-19(20)14-22-29-25/h2-14,22-23H,15H2,1H3. The van der Waals surface area contributed by atoms with Gasteiger partial charge in [0.1, 0.15) is 4.91 Å². The molecule has 0 unspecified atom stereocenters. The van der Waals surface area contributed by atoms with Crippen molar-refractivity contribution in [2.24, 2.45) is 0 Å². The van der Waals surface area contributed by atoms with Gasteiger partial charge in [-0.3, -0.25) is 13.8 Å². The number of nitrogens with zero attached hydrogens (tertiary/aromatic N) is 2. The Morgan fingerprint density at radius 3 is 2.67 bits per heavy atom. The minimum absolute atomic E-state index is 0.127. The highest BCUT2D eigenvalue weighted by atomic mass is 32.2. The van der Waals surface area contributed by atoms with Gasteiger partial charge < -0.3 is 9.62 Å². The molecule has 9 heteroatoms. The van der Waals surface area contributed by atoms with Gasteiger partial charge in [0, 0.05) is 26.0 Å². The molecule has 4 rings (SSSR count). The van der Waals surface area contributed by atoms with Crippen molar-refractivity contribution in [2.45, 2.75) is 6.54 Å². The van der Waals surface area contributed by atoms with E-state index in [1.807, 2.05) is 30.3 Å². The van der Waals surface area contributed by atoms with Gasteiger partial charge in [0.05, 0.1) is 29.1 Å². The number of sulfonamides is 1. The molecule has 0 radical (unpaired) electrons. The Kier molecular flexibility index (Phi) is 5.56. The Labute approximate surface area is 180 Å². The van der Waals surface area contributed by atoms with E-state index in [-0.39, 0.29) is 22.1 Å². The van der Waals surface area contributed by atoms with Crippen LogP contribution in [0, 0.1) is 0 Å². The van der Waals surface area contributed by atoms with E-state index < -0.39 is 10.0 Å². The van der Waals surface area contributed by atoms with Crippen LogP contribution in [0.15, 0.2) is 89.8 Å². The van der Waals surface area contributed by atoms with Crippen molar-refractivity contribution >= 4 is 33.8 Å². The quantitative estimate of drug-likeness (QED) is 0.670. The number of allylic oxidation sites excluding steroid dienone is 2. The molecular weight excluding hydrogens is 420 g/mol. The molecule has 2 aromatic carbocycles. The number of nitrogens with one attached hydrogen (secondary N) is 2. The number of para-hydroxylation sites is 1. The van der Waals surface area contributed by atoms with Gasteiger partial charge in [-0.25, -0.2) is 8.42 Å². The number of amides is 1. The van der Waals surface area contributed by atoms with Crippen molar-refractivity contribution in [2.75, 3.05) is 11.8 Å². The third-order valence-corrected chi connectivity index (χ3v) is 6.76. The lowest BCUT2D eigenvalue weighted by atomic mass is 10.1. The molecule has 0 atom stereocenters. The number of carbonyl (C=O) groups is 1. The first-order chi connectivity index (χ1) is 14.5. The highest BCUT2D eigenvalue weighted by molar-refractivity contribution is 7.97. The maximum atomic E-state index is 13.1. The summed E-state index contributed by atoms with van der Waals surface area (Å²) in [5.41, 5.74) is 2.05. The SMILES string of the molecule is CN(Cc1ccccc1)C(=O)c1ccccc1NS(=O)(=O)C1=CC=CN2SNC=C12. The summed E-state index contributed by atoms with van der Waals surface area (Å²) in [6, 6.07) is 16.2. The molecule has 154 valence electrons. The molecule has 2 aliphatic rings. The van der Waals surface area contributed by atoms with Crippen LogP contribution in [0.3, 0.4) is 0 Å². The highest BCUT2D eigenvalue weighted by Gasteiger charge is 2.30. The van der Waals surface area contributed by atoms with Crippen LogP contribution in [-0.2, 0) is 16.6 Å². The van der Waals surface area contributed by atoms with Crippen LogP contribution < -0.4 is 9.44 Å². The molecule has 0 fully saturated rings. The Morgan fingerprint density at radius 1 is 1.13 bits per heavy atom. The van der Waals surface area contributed by atoms with Crippen molar-refractivity contribution < 1.29 is 13.2 Å². The van der Waals surface area contributed by atoms with Gasteiger partial charge in [-0.1, -0.05) is 42.5 Å². The minimum atomic E-state index is -3.91. The Morgan fingerprint density at radius 2 is 1.87 bits per heavy atom. The molecule has 2 aliphatic heterocycles. The summed E-state index contributed by atoms with van der Waals surface area (Å²) in [5, 5.41) is 0. The van der Waals surface area contributed by atoms with Gasteiger partial charge >= 0.3 is 0 Å². The van der Waals surface area contributed by atoms with E-state index in [2.05, 4.69) is 9.44 Å². The second-order valence-electron chi connectivity index (χ2n) is 6.73. The lowest BCUT2D eigenvalue weighted by molar-refractivity contribution is 0.0786. The zero-order chi connectivity index (χ0) is 21.1. The van der Waals surface area contributed by atoms with Crippen molar-refractivity contribution in [1.29, 1.82) is 0 Å². The lowest BCUT2D eigenvalue weighted by Gasteiger charge is -2.22. The van der Waals surface area contributed by atoms with E-state index in [4.69, 9.17) is 0 Å². The summed E-state index contributed by atoms with van der Waals surface area (Å²) >= 11 is 1.28. The van der Waals surface area contributed by atoms with E-state index in [0.717, 1.165) is 5.56 Å². The van der Waals surface area contributed by atoms with Crippen molar-refractivity contribution in [3.8, 4) is 0 Å². The van der Waals surface area contributed by atoms with Gasteiger partial charge in [-0.15, -0.1) is 0 Å². The zero-order valence-corrected chi connectivity index (χ0v) is 17.8. The van der Waals surface area contributed by atoms with Crippen molar-refractivity contribution in [3.05, 3.63) is 101 Å². The van der Waals surface area contributed by atoms with Crippen LogP contribution >= 0.6 is 12.1 Å². The first-order valence-corrected chi connectivity index (χ1v) is 11.4. The van der Waals surface area contributed by atoms with Gasteiger partial charge in [-0.05, 0) is 29.8 Å². The van der Waals surface area contributed by atoms with Gasteiger partial charge in [0.25, 0.3) is 15.9 Å². The first kappa shape index (κ1) is 20.1. The molecule has 0 aromatic heterocycles. The smallest absolute Gasteiger partial charge is 0.264 e. The topological polar surface area (TPSA) is 81.8 Å². The van der Waals surface area contributed by atoms with Crippen LogP contribution in [-0.4, -0.2) is 30.6 Å². The Hall–Kier alpha value is -3.17. The molecule has 1 amide bonds. The van der Waals surface area contributed by atoms with E-state index >= 15 is 0 Å². The second-order valence-corrected chi connectivity index (χ2v) is 9.20. The monoisotopic (exact) mass is 440 g/mol. The summed E-state index contributed by atoms with van der Waals surface area (Å²) in [4.78, 5) is 14.7. The second kappa shape index (κ2) is 8.29. The molecule has 2 N–H and O–H groups in total.